The molecule has 2 aliphatic heterocycles. The molecule has 5 rings (SSSR count). The number of nitrogens with one attached hydrogen (secondary N) is 2. The van der Waals surface area contributed by atoms with Gasteiger partial charge in [0, 0.05) is 50.0 Å². The number of nitrogens with zero attached hydrogens (tertiary/aromatic N) is 3. The molecule has 0 saturated carbocycles. The Morgan fingerprint density at radius 3 is 2.70 bits per heavy atom. The number of rotatable bonds is 12. The third-order valence-electron chi connectivity index (χ3n) is 9.25. The van der Waals surface area contributed by atoms with Gasteiger partial charge in [-0.05, 0) is 61.7 Å². The van der Waals surface area contributed by atoms with Gasteiger partial charge in [0.25, 0.3) is 0 Å². The van der Waals surface area contributed by atoms with Crippen molar-refractivity contribution in [3.8, 4) is 11.5 Å². The van der Waals surface area contributed by atoms with E-state index in [0.717, 1.165) is 54.3 Å². The maximum Gasteiger partial charge on any atom is 0.241 e. The summed E-state index contributed by atoms with van der Waals surface area (Å²) >= 11 is 0. The molecule has 1 fully saturated rings. The highest BCUT2D eigenvalue weighted by molar-refractivity contribution is 6.91. The van der Waals surface area contributed by atoms with E-state index in [1.54, 1.807) is 14.2 Å². The number of aliphatic hydroxyl groups is 1. The zero-order chi connectivity index (χ0) is 30.6. The Bertz CT molecular complexity index is 1370. The molecule has 3 N–H and O–H groups in total. The Kier molecular flexibility index (Phi) is 9.85. The van der Waals surface area contributed by atoms with Gasteiger partial charge in [-0.3, -0.25) is 9.48 Å². The molecule has 3 aromatic rings. The molecule has 0 spiro atoms. The number of aliphatic hydroxyl groups excluding tert-OH is 1. The number of aryl methyl sites for hydroxylation is 1. The first kappa shape index (κ1) is 31.2. The predicted molar refractivity (Wildman–Crippen MR) is 169 cm³/mol. The van der Waals surface area contributed by atoms with Crippen LogP contribution >= 0.6 is 0 Å². The monoisotopic (exact) mass is 607 g/mol. The summed E-state index contributed by atoms with van der Waals surface area (Å²) in [6, 6.07) is 14.2. The minimum absolute atomic E-state index is 0.00312. The second kappa shape index (κ2) is 13.6. The van der Waals surface area contributed by atoms with Crippen molar-refractivity contribution in [2.45, 2.75) is 76.0 Å². The van der Waals surface area contributed by atoms with Crippen molar-refractivity contribution < 1.29 is 24.1 Å². The molecule has 0 aliphatic carbocycles. The molecular weight excluding hydrogens is 562 g/mol. The highest BCUT2D eigenvalue weighted by Crippen LogP contribution is 2.47. The van der Waals surface area contributed by atoms with Crippen LogP contribution in [0.2, 0.25) is 18.6 Å². The number of fused-ring (bicyclic) bond motifs is 1. The van der Waals surface area contributed by atoms with Gasteiger partial charge in [0.05, 0.1) is 33.0 Å². The minimum atomic E-state index is -2.15. The zero-order valence-electron chi connectivity index (χ0n) is 25.9. The number of hydrogen-bond donors (Lipinski definition) is 3. The fourth-order valence-electron chi connectivity index (χ4n) is 6.71. The Balaban J connectivity index is 1.44. The third kappa shape index (κ3) is 6.80. The summed E-state index contributed by atoms with van der Waals surface area (Å²) in [4.78, 5) is 12.8. The number of carbonyl (C=O) groups is 1. The normalized spacial score (nSPS) is 22.5. The van der Waals surface area contributed by atoms with E-state index in [1.807, 2.05) is 41.2 Å². The van der Waals surface area contributed by atoms with Crippen molar-refractivity contribution in [3.05, 3.63) is 59.9 Å². The Hall–Kier alpha value is -3.25. The number of methoxy groups -OCH3 is 2. The maximum atomic E-state index is 12.8. The highest BCUT2D eigenvalue weighted by Gasteiger charge is 2.47. The molecule has 2 aromatic carbocycles. The SMILES string of the molecule is COc1ccc([Si](C)(C)C(CCn2cc(CCO)nn2)[C@H]2Oc3ccc(NC(=O)[C@H]4CCCN4)cc3[C@@H](OC)[C@@H]2C)cc1. The van der Waals surface area contributed by atoms with Crippen LogP contribution < -0.4 is 25.3 Å². The van der Waals surface area contributed by atoms with Gasteiger partial charge < -0.3 is 30.0 Å². The standard InChI is InChI=1S/C32H45N5O5Si/c1-21-30(41-3)26-19-22(34-32(39)27-7-6-16-33-27)8-13-28(26)42-31(21)29(14-17-37-20-23(15-18-38)35-36-37)43(4,5)25-11-9-24(40-2)10-12-25/h8-13,19-21,27,29-31,33,38H,6-7,14-18H2,1-5H3,(H,34,39)/t21-,27+,29?,30-,31-/m0/s1. The average molecular weight is 608 g/mol. The smallest absolute Gasteiger partial charge is 0.241 e. The first-order valence-corrected chi connectivity index (χ1v) is 18.3. The van der Waals surface area contributed by atoms with Crippen LogP contribution in [0.1, 0.15) is 43.5 Å². The summed E-state index contributed by atoms with van der Waals surface area (Å²) in [5, 5.41) is 25.5. The first-order chi connectivity index (χ1) is 20.7. The topological polar surface area (TPSA) is 120 Å². The number of amides is 1. The minimum Gasteiger partial charge on any atom is -0.497 e. The molecule has 2 aliphatic rings. The molecule has 232 valence electrons. The van der Waals surface area contributed by atoms with Crippen LogP contribution in [-0.2, 0) is 22.5 Å². The lowest BCUT2D eigenvalue weighted by Gasteiger charge is -2.46. The number of anilines is 1. The van der Waals surface area contributed by atoms with Crippen LogP contribution in [0.3, 0.4) is 0 Å². The lowest BCUT2D eigenvalue weighted by molar-refractivity contribution is -0.117. The molecule has 1 amide bonds. The lowest BCUT2D eigenvalue weighted by Crippen LogP contribution is -2.54. The number of hydrogen-bond acceptors (Lipinski definition) is 8. The molecular formula is C32H45N5O5Si. The fourth-order valence-corrected chi connectivity index (χ4v) is 10.2. The molecule has 11 heteroatoms. The van der Waals surface area contributed by atoms with Crippen LogP contribution in [0.25, 0.3) is 0 Å². The van der Waals surface area contributed by atoms with Crippen molar-refractivity contribution in [1.29, 1.82) is 0 Å². The molecule has 1 aromatic heterocycles. The van der Waals surface area contributed by atoms with Crippen LogP contribution in [0.5, 0.6) is 11.5 Å². The first-order valence-electron chi connectivity index (χ1n) is 15.3. The molecule has 3 heterocycles. The van der Waals surface area contributed by atoms with Crippen molar-refractivity contribution in [1.82, 2.24) is 20.3 Å². The van der Waals surface area contributed by atoms with E-state index in [4.69, 9.17) is 14.2 Å². The molecule has 0 bridgehead atoms. The van der Waals surface area contributed by atoms with Gasteiger partial charge >= 0.3 is 0 Å². The van der Waals surface area contributed by atoms with E-state index in [-0.39, 0.29) is 42.2 Å². The summed E-state index contributed by atoms with van der Waals surface area (Å²) in [6.07, 6.45) is 4.82. The van der Waals surface area contributed by atoms with Crippen molar-refractivity contribution in [3.63, 3.8) is 0 Å². The lowest BCUT2D eigenvalue weighted by atomic mass is 9.86. The van der Waals surface area contributed by atoms with E-state index in [1.165, 1.54) is 5.19 Å². The zero-order valence-corrected chi connectivity index (χ0v) is 26.9. The largest absolute Gasteiger partial charge is 0.497 e. The van der Waals surface area contributed by atoms with E-state index >= 15 is 0 Å². The summed E-state index contributed by atoms with van der Waals surface area (Å²) in [6.45, 7) is 8.62. The van der Waals surface area contributed by atoms with Gasteiger partial charge in [-0.1, -0.05) is 42.6 Å². The van der Waals surface area contributed by atoms with Crippen molar-refractivity contribution in [2.75, 3.05) is 32.7 Å². The molecule has 0 radical (unpaired) electrons. The van der Waals surface area contributed by atoms with Crippen LogP contribution in [0.4, 0.5) is 5.69 Å². The van der Waals surface area contributed by atoms with Gasteiger partial charge in [-0.2, -0.15) is 0 Å². The van der Waals surface area contributed by atoms with E-state index in [0.29, 0.717) is 13.0 Å². The van der Waals surface area contributed by atoms with Crippen LogP contribution in [-0.4, -0.2) is 73.6 Å². The average Bonchev–Trinajstić information content (AvgIpc) is 3.71. The highest BCUT2D eigenvalue weighted by atomic mass is 28.3. The van der Waals surface area contributed by atoms with Crippen molar-refractivity contribution in [2.24, 2.45) is 5.92 Å². The third-order valence-corrected chi connectivity index (χ3v) is 13.5. The van der Waals surface area contributed by atoms with Crippen molar-refractivity contribution >= 4 is 24.9 Å². The van der Waals surface area contributed by atoms with Gasteiger partial charge in [0.15, 0.2) is 0 Å². The summed E-state index contributed by atoms with van der Waals surface area (Å²) < 4.78 is 20.4. The second-order valence-electron chi connectivity index (χ2n) is 12.3. The number of aromatic nitrogens is 3. The number of carbonyl (C=O) groups excluding carboxylic acids is 1. The van der Waals surface area contributed by atoms with Crippen LogP contribution in [0, 0.1) is 5.92 Å². The Morgan fingerprint density at radius 2 is 2.02 bits per heavy atom. The molecule has 10 nitrogen and oxygen atoms in total. The number of ether oxygens (including phenoxy) is 3. The summed E-state index contributed by atoms with van der Waals surface area (Å²) in [5.74, 6) is 1.68. The van der Waals surface area contributed by atoms with Gasteiger partial charge in [-0.25, -0.2) is 0 Å². The maximum absolute atomic E-state index is 12.8. The quantitative estimate of drug-likeness (QED) is 0.267. The molecule has 43 heavy (non-hydrogen) atoms. The number of benzene rings is 2. The van der Waals surface area contributed by atoms with Gasteiger partial charge in [-0.15, -0.1) is 5.10 Å². The van der Waals surface area contributed by atoms with Gasteiger partial charge in [0.1, 0.15) is 17.6 Å². The Morgan fingerprint density at radius 1 is 1.23 bits per heavy atom. The van der Waals surface area contributed by atoms with E-state index < -0.39 is 8.07 Å². The van der Waals surface area contributed by atoms with Crippen LogP contribution in [0.15, 0.2) is 48.7 Å². The predicted octanol–water partition coefficient (Wildman–Crippen LogP) is 3.67. The summed E-state index contributed by atoms with van der Waals surface area (Å²) in [7, 11) is 1.29. The fraction of sp³-hybridized carbons (Fsp3) is 0.531. The van der Waals surface area contributed by atoms with E-state index in [9.17, 15) is 9.90 Å². The Labute approximate surface area is 255 Å². The second-order valence-corrected chi connectivity index (χ2v) is 17.0. The summed E-state index contributed by atoms with van der Waals surface area (Å²) in [5.41, 5.74) is 2.70. The molecule has 1 unspecified atom stereocenters. The molecule has 1 saturated heterocycles. The van der Waals surface area contributed by atoms with Gasteiger partial charge in [0.2, 0.25) is 5.91 Å². The van der Waals surface area contributed by atoms with E-state index in [2.05, 4.69) is 53.1 Å². The molecule has 5 atom stereocenters.